The molecule has 0 aromatic heterocycles. The number of halogens is 1. The number of amides is 1. The van der Waals surface area contributed by atoms with E-state index in [2.05, 4.69) is 5.32 Å². The van der Waals surface area contributed by atoms with Crippen molar-refractivity contribution >= 4 is 11.6 Å². The summed E-state index contributed by atoms with van der Waals surface area (Å²) < 4.78 is 13.2. The average Bonchev–Trinajstić information content (AvgIpc) is 2.54. The molecule has 118 valence electrons. The monoisotopic (exact) mass is 312 g/mol. The van der Waals surface area contributed by atoms with E-state index >= 15 is 0 Å². The van der Waals surface area contributed by atoms with E-state index in [1.807, 2.05) is 26.1 Å². The Morgan fingerprint density at radius 3 is 2.61 bits per heavy atom. The Morgan fingerprint density at radius 2 is 2.00 bits per heavy atom. The molecule has 0 aliphatic carbocycles. The lowest BCUT2D eigenvalue weighted by Gasteiger charge is -2.21. The van der Waals surface area contributed by atoms with Gasteiger partial charge >= 0.3 is 0 Å². The number of anilines is 1. The van der Waals surface area contributed by atoms with E-state index in [0.717, 1.165) is 10.5 Å². The molecule has 4 nitrogen and oxygen atoms in total. The minimum Gasteiger partial charge on any atom is -0.324 e. The summed E-state index contributed by atoms with van der Waals surface area (Å²) in [6.07, 6.45) is 0. The van der Waals surface area contributed by atoms with Gasteiger partial charge in [0.1, 0.15) is 12.4 Å². The largest absolute Gasteiger partial charge is 0.324 e. The van der Waals surface area contributed by atoms with Crippen LogP contribution in [0.1, 0.15) is 18.1 Å². The smallest absolute Gasteiger partial charge is 0.282 e. The highest BCUT2D eigenvalue weighted by atomic mass is 19.1. The lowest BCUT2D eigenvalue weighted by Crippen LogP contribution is -3.12. The van der Waals surface area contributed by atoms with Crippen molar-refractivity contribution in [3.63, 3.8) is 0 Å². The van der Waals surface area contributed by atoms with Crippen LogP contribution in [0.4, 0.5) is 10.1 Å². The van der Waals surface area contributed by atoms with Gasteiger partial charge in [0.2, 0.25) is 0 Å². The second kappa shape index (κ2) is 7.52. The number of carbonyl (C=O) groups excluding carboxylic acids is 1. The van der Waals surface area contributed by atoms with Crippen LogP contribution in [0.3, 0.4) is 0 Å². The van der Waals surface area contributed by atoms with E-state index in [1.54, 1.807) is 30.3 Å². The van der Waals surface area contributed by atoms with Crippen molar-refractivity contribution in [1.82, 2.24) is 0 Å². The molecule has 0 bridgehead atoms. The van der Waals surface area contributed by atoms with E-state index in [0.29, 0.717) is 17.8 Å². The lowest BCUT2D eigenvalue weighted by molar-refractivity contribution is -0.907. The molecule has 0 aliphatic heterocycles. The van der Waals surface area contributed by atoms with Crippen LogP contribution in [0, 0.1) is 17.1 Å². The number of likely N-dealkylation sites (N-methyl/N-ethyl adjacent to an activating group) is 1. The van der Waals surface area contributed by atoms with Gasteiger partial charge in [-0.1, -0.05) is 12.1 Å². The highest BCUT2D eigenvalue weighted by molar-refractivity contribution is 5.93. The minimum absolute atomic E-state index is 0.122. The second-order valence-electron chi connectivity index (χ2n) is 5.55. The van der Waals surface area contributed by atoms with Gasteiger partial charge in [-0.3, -0.25) is 4.79 Å². The van der Waals surface area contributed by atoms with Gasteiger partial charge in [0, 0.05) is 11.3 Å². The number of rotatable bonds is 5. The molecule has 0 saturated carbocycles. The summed E-state index contributed by atoms with van der Waals surface area (Å²) in [7, 11) is 1.90. The highest BCUT2D eigenvalue weighted by Crippen LogP contribution is 2.09. The van der Waals surface area contributed by atoms with Crippen molar-refractivity contribution in [3.8, 4) is 6.07 Å². The van der Waals surface area contributed by atoms with E-state index in [-0.39, 0.29) is 17.8 Å². The summed E-state index contributed by atoms with van der Waals surface area (Å²) in [5, 5.41) is 11.6. The zero-order valence-corrected chi connectivity index (χ0v) is 13.1. The third-order valence-corrected chi connectivity index (χ3v) is 3.79. The fourth-order valence-corrected chi connectivity index (χ4v) is 2.22. The summed E-state index contributed by atoms with van der Waals surface area (Å²) in [6.45, 7) is 2.38. The number of hydrogen-bond acceptors (Lipinski definition) is 2. The SMILES string of the molecule is C[C@H](C(=O)Nc1ccc(C#N)cc1)[NH+](C)Cc1cccc(F)c1. The predicted molar refractivity (Wildman–Crippen MR) is 86.2 cm³/mol. The summed E-state index contributed by atoms with van der Waals surface area (Å²) in [5.41, 5.74) is 2.05. The Kier molecular flexibility index (Phi) is 5.45. The van der Waals surface area contributed by atoms with Crippen LogP contribution < -0.4 is 10.2 Å². The van der Waals surface area contributed by atoms with Crippen molar-refractivity contribution in [2.24, 2.45) is 0 Å². The van der Waals surface area contributed by atoms with Crippen molar-refractivity contribution in [3.05, 3.63) is 65.5 Å². The number of nitriles is 1. The first-order valence-electron chi connectivity index (χ1n) is 7.37. The van der Waals surface area contributed by atoms with Gasteiger partial charge in [0.15, 0.2) is 6.04 Å². The van der Waals surface area contributed by atoms with Gasteiger partial charge in [0.25, 0.3) is 5.91 Å². The molecular formula is C18H19FN3O+. The van der Waals surface area contributed by atoms with Crippen LogP contribution in [-0.4, -0.2) is 19.0 Å². The molecule has 0 heterocycles. The van der Waals surface area contributed by atoms with Crippen LogP contribution in [0.15, 0.2) is 48.5 Å². The topological polar surface area (TPSA) is 57.3 Å². The molecule has 5 heteroatoms. The molecular weight excluding hydrogens is 293 g/mol. The molecule has 0 fully saturated rings. The Bertz CT molecular complexity index is 722. The fourth-order valence-electron chi connectivity index (χ4n) is 2.22. The summed E-state index contributed by atoms with van der Waals surface area (Å²) >= 11 is 0. The first kappa shape index (κ1) is 16.7. The van der Waals surface area contributed by atoms with Crippen LogP contribution in [0.5, 0.6) is 0 Å². The van der Waals surface area contributed by atoms with Gasteiger partial charge in [0.05, 0.1) is 18.7 Å². The molecule has 2 rings (SSSR count). The maximum Gasteiger partial charge on any atom is 0.282 e. The van der Waals surface area contributed by atoms with Gasteiger partial charge < -0.3 is 10.2 Å². The van der Waals surface area contributed by atoms with Crippen molar-refractivity contribution < 1.29 is 14.1 Å². The molecule has 0 saturated heterocycles. The van der Waals surface area contributed by atoms with E-state index in [4.69, 9.17) is 5.26 Å². The Balaban J connectivity index is 1.96. The first-order chi connectivity index (χ1) is 11.0. The molecule has 1 amide bonds. The van der Waals surface area contributed by atoms with E-state index in [1.165, 1.54) is 12.1 Å². The molecule has 1 unspecified atom stereocenters. The Labute approximate surface area is 135 Å². The summed E-state index contributed by atoms with van der Waals surface area (Å²) in [6, 6.07) is 14.8. The number of quaternary nitrogens is 1. The van der Waals surface area contributed by atoms with E-state index < -0.39 is 0 Å². The molecule has 0 radical (unpaired) electrons. The lowest BCUT2D eigenvalue weighted by atomic mass is 10.1. The molecule has 2 aromatic carbocycles. The first-order valence-corrected chi connectivity index (χ1v) is 7.37. The molecule has 2 atom stereocenters. The van der Waals surface area contributed by atoms with Gasteiger partial charge in [-0.15, -0.1) is 0 Å². The van der Waals surface area contributed by atoms with Gasteiger partial charge in [-0.2, -0.15) is 5.26 Å². The average molecular weight is 312 g/mol. The molecule has 0 spiro atoms. The number of nitrogens with one attached hydrogen (secondary N) is 2. The normalized spacial score (nSPS) is 13.0. The second-order valence-corrected chi connectivity index (χ2v) is 5.55. The van der Waals surface area contributed by atoms with Crippen LogP contribution in [0.25, 0.3) is 0 Å². The summed E-state index contributed by atoms with van der Waals surface area (Å²) in [5.74, 6) is -0.395. The maximum absolute atomic E-state index is 13.2. The zero-order chi connectivity index (χ0) is 16.8. The number of carbonyl (C=O) groups is 1. The highest BCUT2D eigenvalue weighted by Gasteiger charge is 2.22. The Hall–Kier alpha value is -2.71. The van der Waals surface area contributed by atoms with E-state index in [9.17, 15) is 9.18 Å². The number of nitrogens with zero attached hydrogens (tertiary/aromatic N) is 1. The predicted octanol–water partition coefficient (Wildman–Crippen LogP) is 1.74. The molecule has 23 heavy (non-hydrogen) atoms. The van der Waals surface area contributed by atoms with Gasteiger partial charge in [-0.05, 0) is 43.3 Å². The zero-order valence-electron chi connectivity index (χ0n) is 13.1. The molecule has 2 aromatic rings. The van der Waals surface area contributed by atoms with Crippen LogP contribution >= 0.6 is 0 Å². The van der Waals surface area contributed by atoms with Crippen LogP contribution in [-0.2, 0) is 11.3 Å². The maximum atomic E-state index is 13.2. The third kappa shape index (κ3) is 4.63. The quantitative estimate of drug-likeness (QED) is 0.883. The molecule has 2 N–H and O–H groups in total. The van der Waals surface area contributed by atoms with Crippen molar-refractivity contribution in [1.29, 1.82) is 5.26 Å². The van der Waals surface area contributed by atoms with Crippen molar-refractivity contribution in [2.45, 2.75) is 19.5 Å². The van der Waals surface area contributed by atoms with Gasteiger partial charge in [-0.25, -0.2) is 4.39 Å². The summed E-state index contributed by atoms with van der Waals surface area (Å²) in [4.78, 5) is 13.3. The van der Waals surface area contributed by atoms with Crippen molar-refractivity contribution in [2.75, 3.05) is 12.4 Å². The standard InChI is InChI=1S/C18H18FN3O/c1-13(22(2)12-15-4-3-5-16(19)10-15)18(23)21-17-8-6-14(11-20)7-9-17/h3-10,13H,12H2,1-2H3,(H,21,23)/p+1/t13-/m1/s1. The number of benzene rings is 2. The molecule has 0 aliphatic rings. The Morgan fingerprint density at radius 1 is 1.30 bits per heavy atom. The minimum atomic E-state index is -0.297. The van der Waals surface area contributed by atoms with Crippen LogP contribution in [0.2, 0.25) is 0 Å². The third-order valence-electron chi connectivity index (χ3n) is 3.79. The number of hydrogen-bond donors (Lipinski definition) is 2. The fraction of sp³-hybridized carbons (Fsp3) is 0.222.